The van der Waals surface area contributed by atoms with Crippen LogP contribution in [-0.2, 0) is 26.2 Å². The first-order chi connectivity index (χ1) is 19.5. The highest BCUT2D eigenvalue weighted by molar-refractivity contribution is 7.92. The first-order valence-electron chi connectivity index (χ1n) is 14.0. The fraction of sp³-hybridized carbons (Fsp3) is 0.375. The van der Waals surface area contributed by atoms with Crippen LogP contribution in [0.15, 0.2) is 71.6 Å². The van der Waals surface area contributed by atoms with Crippen LogP contribution in [0.5, 0.6) is 0 Å². The molecule has 0 saturated heterocycles. The van der Waals surface area contributed by atoms with E-state index in [1.165, 1.54) is 17.0 Å². The van der Waals surface area contributed by atoms with Crippen molar-refractivity contribution in [2.45, 2.75) is 76.9 Å². The predicted molar refractivity (Wildman–Crippen MR) is 163 cm³/mol. The van der Waals surface area contributed by atoms with E-state index < -0.39 is 28.5 Å². The molecule has 1 N–H and O–H groups in total. The van der Waals surface area contributed by atoms with Crippen LogP contribution >= 0.6 is 11.6 Å². The fourth-order valence-corrected chi connectivity index (χ4v) is 6.84. The molecule has 1 fully saturated rings. The fourth-order valence-electron chi connectivity index (χ4n) is 5.20. The molecule has 1 saturated carbocycles. The van der Waals surface area contributed by atoms with E-state index in [9.17, 15) is 18.0 Å². The zero-order valence-electron chi connectivity index (χ0n) is 24.1. The van der Waals surface area contributed by atoms with Crippen molar-refractivity contribution in [3.8, 4) is 0 Å². The lowest BCUT2D eigenvalue weighted by Gasteiger charge is -2.33. The number of carbonyl (C=O) groups is 2. The lowest BCUT2D eigenvalue weighted by Crippen LogP contribution is -2.52. The van der Waals surface area contributed by atoms with Gasteiger partial charge in [-0.2, -0.15) is 0 Å². The summed E-state index contributed by atoms with van der Waals surface area (Å²) in [6, 6.07) is 18.5. The van der Waals surface area contributed by atoms with Crippen molar-refractivity contribution in [2.24, 2.45) is 0 Å². The Hall–Kier alpha value is -3.36. The Balaban J connectivity index is 1.72. The number of nitrogens with zero attached hydrogens (tertiary/aromatic N) is 2. The maximum atomic E-state index is 14.1. The number of aryl methyl sites for hydroxylation is 2. The van der Waals surface area contributed by atoms with Crippen LogP contribution in [0.25, 0.3) is 0 Å². The number of carbonyl (C=O) groups excluding carboxylic acids is 2. The molecule has 0 bridgehead atoms. The second-order valence-electron chi connectivity index (χ2n) is 10.9. The number of sulfonamides is 1. The topological polar surface area (TPSA) is 86.8 Å². The molecule has 1 atom stereocenters. The van der Waals surface area contributed by atoms with Gasteiger partial charge in [0.05, 0.1) is 10.6 Å². The molecular weight excluding hydrogens is 558 g/mol. The van der Waals surface area contributed by atoms with Gasteiger partial charge in [0.1, 0.15) is 12.6 Å². The molecule has 0 radical (unpaired) electrons. The van der Waals surface area contributed by atoms with E-state index in [2.05, 4.69) is 5.32 Å². The first kappa shape index (κ1) is 30.6. The van der Waals surface area contributed by atoms with Gasteiger partial charge < -0.3 is 10.2 Å². The number of hydrogen-bond donors (Lipinski definition) is 1. The summed E-state index contributed by atoms with van der Waals surface area (Å²) in [6.45, 7) is 6.92. The molecule has 1 aliphatic rings. The number of halogens is 1. The summed E-state index contributed by atoms with van der Waals surface area (Å²) in [5, 5.41) is 3.48. The normalized spacial score (nSPS) is 14.5. The third kappa shape index (κ3) is 7.29. The van der Waals surface area contributed by atoms with Crippen LogP contribution in [0, 0.1) is 20.8 Å². The summed E-state index contributed by atoms with van der Waals surface area (Å²) in [7, 11) is -4.16. The predicted octanol–water partition coefficient (Wildman–Crippen LogP) is 5.94. The maximum absolute atomic E-state index is 14.1. The highest BCUT2D eigenvalue weighted by atomic mass is 35.5. The van der Waals surface area contributed by atoms with Crippen molar-refractivity contribution in [1.29, 1.82) is 0 Å². The lowest BCUT2D eigenvalue weighted by atomic mass is 10.1. The molecule has 3 aromatic rings. The summed E-state index contributed by atoms with van der Waals surface area (Å²) in [6.07, 6.45) is 3.97. The van der Waals surface area contributed by atoms with Crippen LogP contribution < -0.4 is 9.62 Å². The van der Waals surface area contributed by atoms with Crippen LogP contribution in [0.1, 0.15) is 54.9 Å². The van der Waals surface area contributed by atoms with Crippen molar-refractivity contribution >= 4 is 39.1 Å². The molecule has 1 aliphatic carbocycles. The van der Waals surface area contributed by atoms with E-state index in [0.29, 0.717) is 16.3 Å². The van der Waals surface area contributed by atoms with Gasteiger partial charge in [-0.3, -0.25) is 13.9 Å². The van der Waals surface area contributed by atoms with Gasteiger partial charge in [-0.15, -0.1) is 0 Å². The van der Waals surface area contributed by atoms with Crippen LogP contribution in [0.3, 0.4) is 0 Å². The quantitative estimate of drug-likeness (QED) is 0.314. The SMILES string of the molecule is Cc1ccc(S(=O)(=O)N(CC(=O)N(Cc2cccc(C)c2)[C@H](C)C(=O)NC2CCCC2)c2cccc(Cl)c2C)cc1. The zero-order valence-corrected chi connectivity index (χ0v) is 25.6. The zero-order chi connectivity index (χ0) is 29.7. The van der Waals surface area contributed by atoms with E-state index >= 15 is 0 Å². The van der Waals surface area contributed by atoms with Gasteiger partial charge in [-0.25, -0.2) is 8.42 Å². The summed E-state index contributed by atoms with van der Waals surface area (Å²) in [4.78, 5) is 29.0. The Morgan fingerprint density at radius 2 is 1.61 bits per heavy atom. The van der Waals surface area contributed by atoms with Gasteiger partial charge >= 0.3 is 0 Å². The van der Waals surface area contributed by atoms with Crippen molar-refractivity contribution in [1.82, 2.24) is 10.2 Å². The lowest BCUT2D eigenvalue weighted by molar-refractivity contribution is -0.139. The van der Waals surface area contributed by atoms with Gasteiger partial charge in [0, 0.05) is 17.6 Å². The Bertz CT molecular complexity index is 1500. The molecule has 0 spiro atoms. The Labute approximate surface area is 248 Å². The van der Waals surface area contributed by atoms with E-state index in [1.807, 2.05) is 38.1 Å². The van der Waals surface area contributed by atoms with Crippen molar-refractivity contribution in [2.75, 3.05) is 10.8 Å². The van der Waals surface area contributed by atoms with Crippen LogP contribution in [0.2, 0.25) is 5.02 Å². The molecule has 41 heavy (non-hydrogen) atoms. The smallest absolute Gasteiger partial charge is 0.264 e. The largest absolute Gasteiger partial charge is 0.352 e. The maximum Gasteiger partial charge on any atom is 0.264 e. The summed E-state index contributed by atoms with van der Waals surface area (Å²) in [5.74, 6) is -0.736. The molecule has 4 rings (SSSR count). The third-order valence-electron chi connectivity index (χ3n) is 7.70. The average molecular weight is 596 g/mol. The minimum Gasteiger partial charge on any atom is -0.352 e. The molecule has 218 valence electrons. The number of benzene rings is 3. The van der Waals surface area contributed by atoms with E-state index in [-0.39, 0.29) is 23.4 Å². The molecule has 7 nitrogen and oxygen atoms in total. The van der Waals surface area contributed by atoms with Crippen molar-refractivity contribution in [3.05, 3.63) is 94.0 Å². The molecule has 2 amide bonds. The van der Waals surface area contributed by atoms with Crippen molar-refractivity contribution in [3.63, 3.8) is 0 Å². The molecule has 0 aliphatic heterocycles. The van der Waals surface area contributed by atoms with Crippen LogP contribution in [0.4, 0.5) is 5.69 Å². The van der Waals surface area contributed by atoms with Crippen LogP contribution in [-0.4, -0.2) is 43.8 Å². The molecule has 0 aromatic heterocycles. The summed E-state index contributed by atoms with van der Waals surface area (Å²) in [5.41, 5.74) is 3.64. The number of nitrogens with one attached hydrogen (secondary N) is 1. The van der Waals surface area contributed by atoms with E-state index in [4.69, 9.17) is 11.6 Å². The first-order valence-corrected chi connectivity index (χ1v) is 15.8. The third-order valence-corrected chi connectivity index (χ3v) is 9.88. The molecular formula is C32H38ClN3O4S. The van der Waals surface area contributed by atoms with E-state index in [0.717, 1.165) is 46.7 Å². The minimum atomic E-state index is -4.16. The van der Waals surface area contributed by atoms with E-state index in [1.54, 1.807) is 44.2 Å². The second-order valence-corrected chi connectivity index (χ2v) is 13.2. The number of anilines is 1. The standard InChI is InChI=1S/C32H38ClN3O4S/c1-22-15-17-28(18-16-22)41(39,40)36(30-14-8-13-29(33)24(30)3)21-31(37)35(20-26-10-7-9-23(2)19-26)25(4)32(38)34-27-11-5-6-12-27/h7-10,13-19,25,27H,5-6,11-12,20-21H2,1-4H3,(H,34,38)/t25-/m1/s1. The average Bonchev–Trinajstić information content (AvgIpc) is 3.45. The summed E-state index contributed by atoms with van der Waals surface area (Å²) < 4.78 is 29.2. The number of amides is 2. The Morgan fingerprint density at radius 1 is 0.951 bits per heavy atom. The molecule has 9 heteroatoms. The monoisotopic (exact) mass is 595 g/mol. The van der Waals surface area contributed by atoms with Crippen molar-refractivity contribution < 1.29 is 18.0 Å². The second kappa shape index (κ2) is 13.1. The highest BCUT2D eigenvalue weighted by Gasteiger charge is 2.34. The van der Waals surface area contributed by atoms with Gasteiger partial charge in [0.2, 0.25) is 11.8 Å². The van der Waals surface area contributed by atoms with Gasteiger partial charge in [-0.1, -0.05) is 78.0 Å². The molecule has 0 heterocycles. The Morgan fingerprint density at radius 3 is 2.27 bits per heavy atom. The van der Waals surface area contributed by atoms with Gasteiger partial charge in [-0.05, 0) is 75.9 Å². The highest BCUT2D eigenvalue weighted by Crippen LogP contribution is 2.31. The van der Waals surface area contributed by atoms with Gasteiger partial charge in [0.25, 0.3) is 10.0 Å². The van der Waals surface area contributed by atoms with Gasteiger partial charge in [0.15, 0.2) is 0 Å². The molecule has 3 aromatic carbocycles. The number of rotatable bonds is 10. The minimum absolute atomic E-state index is 0.0625. The number of hydrogen-bond acceptors (Lipinski definition) is 4. The Kier molecular flexibility index (Phi) is 9.76. The molecule has 0 unspecified atom stereocenters. The summed E-state index contributed by atoms with van der Waals surface area (Å²) >= 11 is 6.40.